The van der Waals surface area contributed by atoms with Crippen molar-refractivity contribution in [2.24, 2.45) is 0 Å². The highest BCUT2D eigenvalue weighted by molar-refractivity contribution is 7.51. The molecule has 2 atom stereocenters. The second kappa shape index (κ2) is 19.5. The van der Waals surface area contributed by atoms with E-state index < -0.39 is 13.7 Å². The van der Waals surface area contributed by atoms with E-state index in [4.69, 9.17) is 4.89 Å². The van der Waals surface area contributed by atoms with E-state index in [0.29, 0.717) is 12.8 Å². The van der Waals surface area contributed by atoms with Gasteiger partial charge in [-0.1, -0.05) is 70.4 Å². The maximum absolute atomic E-state index is 11.8. The molecule has 0 heterocycles. The number of ketones is 1. The van der Waals surface area contributed by atoms with Gasteiger partial charge < -0.3 is 14.5 Å². The number of unbranched alkanes of at least 4 members (excludes halogenated alkanes) is 11. The van der Waals surface area contributed by atoms with Crippen LogP contribution in [0.5, 0.6) is 0 Å². The molecular formula is C23H45O5P. The number of Topliss-reactive ketones (excluding diaryl/α,β-unsaturated/α-hetero) is 1. The summed E-state index contributed by atoms with van der Waals surface area (Å²) in [6, 6.07) is 0. The Morgan fingerprint density at radius 2 is 1.41 bits per heavy atom. The monoisotopic (exact) mass is 432 g/mol. The van der Waals surface area contributed by atoms with Crippen LogP contribution in [0.15, 0.2) is 12.2 Å². The summed E-state index contributed by atoms with van der Waals surface area (Å²) >= 11 is 0. The Morgan fingerprint density at radius 3 is 1.97 bits per heavy atom. The van der Waals surface area contributed by atoms with Crippen molar-refractivity contribution >= 4 is 13.4 Å². The predicted octanol–water partition coefficient (Wildman–Crippen LogP) is 6.57. The summed E-state index contributed by atoms with van der Waals surface area (Å²) in [5.41, 5.74) is 0. The van der Waals surface area contributed by atoms with Crippen molar-refractivity contribution in [2.75, 3.05) is 13.3 Å². The summed E-state index contributed by atoms with van der Waals surface area (Å²) in [5, 5.41) is 9.65. The average Bonchev–Trinajstić information content (AvgIpc) is 2.67. The van der Waals surface area contributed by atoms with Crippen LogP contribution in [-0.4, -0.2) is 35.2 Å². The van der Waals surface area contributed by atoms with Gasteiger partial charge in [-0.3, -0.25) is 9.36 Å². The molecule has 0 bridgehead atoms. The van der Waals surface area contributed by atoms with E-state index >= 15 is 0 Å². The van der Waals surface area contributed by atoms with E-state index in [-0.39, 0.29) is 18.8 Å². The van der Waals surface area contributed by atoms with Gasteiger partial charge in [0, 0.05) is 19.5 Å². The Morgan fingerprint density at radius 1 is 0.897 bits per heavy atom. The molecule has 0 aromatic carbocycles. The molecule has 6 heteroatoms. The lowest BCUT2D eigenvalue weighted by Crippen LogP contribution is -2.16. The summed E-state index contributed by atoms with van der Waals surface area (Å²) in [5.74, 6) is 0.144. The van der Waals surface area contributed by atoms with Crippen LogP contribution in [0.3, 0.4) is 0 Å². The molecule has 2 N–H and O–H groups in total. The molecule has 0 aliphatic carbocycles. The van der Waals surface area contributed by atoms with Crippen LogP contribution in [0.2, 0.25) is 0 Å². The minimum absolute atomic E-state index is 0.144. The van der Waals surface area contributed by atoms with E-state index in [2.05, 4.69) is 23.6 Å². The van der Waals surface area contributed by atoms with Gasteiger partial charge in [0.1, 0.15) is 5.78 Å². The molecule has 0 rings (SSSR count). The highest BCUT2D eigenvalue weighted by atomic mass is 31.2. The molecule has 5 nitrogen and oxygen atoms in total. The number of aliphatic hydroxyl groups is 1. The predicted molar refractivity (Wildman–Crippen MR) is 121 cm³/mol. The van der Waals surface area contributed by atoms with Crippen LogP contribution in [0.4, 0.5) is 0 Å². The first-order valence-corrected chi connectivity index (χ1v) is 13.7. The van der Waals surface area contributed by atoms with Crippen LogP contribution in [0.1, 0.15) is 110 Å². The van der Waals surface area contributed by atoms with Crippen molar-refractivity contribution in [2.45, 2.75) is 116 Å². The number of hydrogen-bond acceptors (Lipinski definition) is 4. The fraction of sp³-hybridized carbons (Fsp3) is 0.870. The number of allylic oxidation sites excluding steroid dienone is 2. The van der Waals surface area contributed by atoms with Gasteiger partial charge in [0.05, 0.1) is 12.7 Å². The smallest absolute Gasteiger partial charge is 0.325 e. The van der Waals surface area contributed by atoms with E-state index in [1.807, 2.05) is 0 Å². The average molecular weight is 433 g/mol. The minimum Gasteiger partial charge on any atom is -0.391 e. The van der Waals surface area contributed by atoms with Crippen LogP contribution in [0.25, 0.3) is 0 Å². The van der Waals surface area contributed by atoms with Gasteiger partial charge in [-0.25, -0.2) is 0 Å². The highest BCUT2D eigenvalue weighted by Crippen LogP contribution is 2.36. The standard InChI is InChI=1S/C23H45O5P/c1-3-4-5-6-7-8-9-10-11-12-13-14-15-16-17-18-22(24)19-20-23(25)21-28-29(2,26)27/h10-11,23,25H,3-9,12-21H2,1-2H3,(H,26,27)/b11-10-/t23-/m1/s1. The molecule has 29 heavy (non-hydrogen) atoms. The van der Waals surface area contributed by atoms with Crippen LogP contribution in [0, 0.1) is 0 Å². The number of aliphatic hydroxyl groups excluding tert-OH is 1. The largest absolute Gasteiger partial charge is 0.391 e. The Hall–Kier alpha value is -0.480. The van der Waals surface area contributed by atoms with Gasteiger partial charge in [-0.15, -0.1) is 0 Å². The molecule has 0 fully saturated rings. The molecule has 0 amide bonds. The third-order valence-corrected chi connectivity index (χ3v) is 5.61. The summed E-state index contributed by atoms with van der Waals surface area (Å²) < 4.78 is 15.6. The first-order valence-electron chi connectivity index (χ1n) is 11.6. The van der Waals surface area contributed by atoms with Crippen LogP contribution < -0.4 is 0 Å². The van der Waals surface area contributed by atoms with Gasteiger partial charge in [0.15, 0.2) is 0 Å². The fourth-order valence-corrected chi connectivity index (χ4v) is 3.60. The number of hydrogen-bond donors (Lipinski definition) is 2. The topological polar surface area (TPSA) is 83.8 Å². The lowest BCUT2D eigenvalue weighted by atomic mass is 10.0. The number of rotatable bonds is 21. The summed E-state index contributed by atoms with van der Waals surface area (Å²) in [7, 11) is -3.56. The van der Waals surface area contributed by atoms with Gasteiger partial charge in [0.25, 0.3) is 0 Å². The Labute approximate surface area is 178 Å². The molecule has 0 aromatic heterocycles. The summed E-state index contributed by atoms with van der Waals surface area (Å²) in [6.45, 7) is 3.13. The third-order valence-electron chi connectivity index (χ3n) is 4.98. The van der Waals surface area contributed by atoms with Crippen molar-refractivity contribution in [3.05, 3.63) is 12.2 Å². The van der Waals surface area contributed by atoms with Crippen LogP contribution in [-0.2, 0) is 13.9 Å². The van der Waals surface area contributed by atoms with Crippen LogP contribution >= 0.6 is 7.60 Å². The zero-order valence-electron chi connectivity index (χ0n) is 18.8. The molecule has 0 aliphatic rings. The van der Waals surface area contributed by atoms with E-state index in [0.717, 1.165) is 32.3 Å². The molecule has 172 valence electrons. The Bertz CT molecular complexity index is 458. The van der Waals surface area contributed by atoms with E-state index in [1.54, 1.807) is 0 Å². The van der Waals surface area contributed by atoms with Crippen molar-refractivity contribution < 1.29 is 23.9 Å². The van der Waals surface area contributed by atoms with Gasteiger partial charge in [0.2, 0.25) is 0 Å². The molecule has 0 spiro atoms. The molecule has 0 saturated carbocycles. The summed E-state index contributed by atoms with van der Waals surface area (Å²) in [6.07, 6.45) is 21.0. The zero-order chi connectivity index (χ0) is 21.8. The molecular weight excluding hydrogens is 387 g/mol. The van der Waals surface area contributed by atoms with Crippen molar-refractivity contribution in [1.29, 1.82) is 0 Å². The lowest BCUT2D eigenvalue weighted by molar-refractivity contribution is -0.119. The zero-order valence-corrected chi connectivity index (χ0v) is 19.7. The van der Waals surface area contributed by atoms with Crippen molar-refractivity contribution in [3.63, 3.8) is 0 Å². The van der Waals surface area contributed by atoms with E-state index in [9.17, 15) is 14.5 Å². The highest BCUT2D eigenvalue weighted by Gasteiger charge is 2.14. The molecule has 0 radical (unpaired) electrons. The van der Waals surface area contributed by atoms with Gasteiger partial charge >= 0.3 is 7.60 Å². The summed E-state index contributed by atoms with van der Waals surface area (Å²) in [4.78, 5) is 20.8. The SMILES string of the molecule is CCCCCCCC/C=C\CCCCCCCC(=O)CC[C@@H](O)COP(C)(=O)O. The van der Waals surface area contributed by atoms with Gasteiger partial charge in [-0.2, -0.15) is 0 Å². The normalized spacial score (nSPS) is 14.9. The number of carbonyl (C=O) groups is 1. The molecule has 1 unspecified atom stereocenters. The Kier molecular flexibility index (Phi) is 19.2. The second-order valence-corrected chi connectivity index (χ2v) is 10.0. The molecule has 0 aromatic rings. The first kappa shape index (κ1) is 28.5. The van der Waals surface area contributed by atoms with E-state index in [1.165, 1.54) is 57.8 Å². The first-order chi connectivity index (χ1) is 13.8. The molecule has 0 saturated heterocycles. The lowest BCUT2D eigenvalue weighted by Gasteiger charge is -2.12. The maximum Gasteiger partial charge on any atom is 0.325 e. The second-order valence-electron chi connectivity index (χ2n) is 8.16. The van der Waals surface area contributed by atoms with Crippen molar-refractivity contribution in [1.82, 2.24) is 0 Å². The Balaban J connectivity index is 3.38. The number of carbonyl (C=O) groups excluding carboxylic acids is 1. The minimum atomic E-state index is -3.56. The quantitative estimate of drug-likeness (QED) is 0.122. The third kappa shape index (κ3) is 23.7. The van der Waals surface area contributed by atoms with Gasteiger partial charge in [-0.05, 0) is 38.5 Å². The fourth-order valence-electron chi connectivity index (χ4n) is 3.15. The molecule has 0 aliphatic heterocycles. The maximum atomic E-state index is 11.8. The van der Waals surface area contributed by atoms with Crippen molar-refractivity contribution in [3.8, 4) is 0 Å².